The number of aliphatic hydroxyl groups is 1. The molecule has 2 rings (SSSR count). The molecule has 2 aliphatic rings. The molecule has 2 atom stereocenters. The van der Waals surface area contributed by atoms with Crippen LogP contribution in [0.2, 0.25) is 0 Å². The summed E-state index contributed by atoms with van der Waals surface area (Å²) < 4.78 is 4.83. The van der Waals surface area contributed by atoms with Crippen LogP contribution >= 0.6 is 8.15 Å². The fraction of sp³-hybridized carbons (Fsp3) is 1.00. The molecular formula is C4H7O3P. The van der Waals surface area contributed by atoms with Gasteiger partial charge in [0.25, 0.3) is 0 Å². The second-order valence-electron chi connectivity index (χ2n) is 2.26. The summed E-state index contributed by atoms with van der Waals surface area (Å²) >= 11 is 0. The van der Waals surface area contributed by atoms with Crippen molar-refractivity contribution in [2.24, 2.45) is 0 Å². The van der Waals surface area contributed by atoms with E-state index in [4.69, 9.17) is 9.78 Å². The lowest BCUT2D eigenvalue weighted by Crippen LogP contribution is -2.18. The van der Waals surface area contributed by atoms with E-state index in [-0.39, 0.29) is 19.9 Å². The van der Waals surface area contributed by atoms with Gasteiger partial charge in [-0.3, -0.25) is 0 Å². The molecular weight excluding hydrogens is 127 g/mol. The number of fused-ring (bicyclic) bond motifs is 1. The third-order valence-corrected chi connectivity index (χ3v) is 3.91. The smallest absolute Gasteiger partial charge is 0.0970 e. The molecule has 2 heterocycles. The van der Waals surface area contributed by atoms with Crippen LogP contribution in [-0.4, -0.2) is 29.6 Å². The first-order valence-corrected chi connectivity index (χ1v) is 4.00. The van der Waals surface area contributed by atoms with Gasteiger partial charge in [0.15, 0.2) is 0 Å². The van der Waals surface area contributed by atoms with E-state index in [2.05, 4.69) is 4.89 Å². The van der Waals surface area contributed by atoms with Gasteiger partial charge in [-0.05, 0) is 0 Å². The fourth-order valence-electron chi connectivity index (χ4n) is 0.829. The highest BCUT2D eigenvalue weighted by atomic mass is 31.2. The fourth-order valence-corrected chi connectivity index (χ4v) is 2.40. The minimum absolute atomic E-state index is 0.0787. The van der Waals surface area contributed by atoms with Crippen LogP contribution in [0, 0.1) is 0 Å². The maximum atomic E-state index is 8.72. The van der Waals surface area contributed by atoms with Gasteiger partial charge >= 0.3 is 0 Å². The van der Waals surface area contributed by atoms with E-state index in [1.54, 1.807) is 0 Å². The Morgan fingerprint density at radius 3 is 2.88 bits per heavy atom. The van der Waals surface area contributed by atoms with Crippen LogP contribution in [0.4, 0.5) is 0 Å². The van der Waals surface area contributed by atoms with Crippen molar-refractivity contribution in [1.82, 2.24) is 0 Å². The molecule has 2 unspecified atom stereocenters. The molecule has 3 nitrogen and oxygen atoms in total. The molecule has 2 aliphatic heterocycles. The lowest BCUT2D eigenvalue weighted by atomic mass is 10.2. The van der Waals surface area contributed by atoms with Crippen LogP contribution in [-0.2, 0) is 9.56 Å². The van der Waals surface area contributed by atoms with Crippen molar-refractivity contribution in [1.29, 1.82) is 0 Å². The zero-order chi connectivity index (χ0) is 5.61. The second kappa shape index (κ2) is 1.42. The van der Waals surface area contributed by atoms with Crippen molar-refractivity contribution in [3.8, 4) is 0 Å². The molecule has 46 valence electrons. The minimum atomic E-state index is -0.355. The van der Waals surface area contributed by atoms with Crippen molar-refractivity contribution in [3.63, 3.8) is 0 Å². The molecule has 8 heavy (non-hydrogen) atoms. The van der Waals surface area contributed by atoms with Gasteiger partial charge in [-0.2, -0.15) is 0 Å². The van der Waals surface area contributed by atoms with E-state index in [1.807, 2.05) is 0 Å². The summed E-state index contributed by atoms with van der Waals surface area (Å²) in [7, 11) is -0.355. The Bertz CT molecular complexity index is 114. The second-order valence-corrected chi connectivity index (χ2v) is 4.43. The lowest BCUT2D eigenvalue weighted by molar-refractivity contribution is -0.185. The van der Waals surface area contributed by atoms with Gasteiger partial charge in [-0.1, -0.05) is 0 Å². The molecule has 4 heteroatoms. The van der Waals surface area contributed by atoms with E-state index in [0.29, 0.717) is 6.61 Å². The third kappa shape index (κ3) is 0.477. The molecule has 0 radical (unpaired) electrons. The number of hydrogen-bond acceptors (Lipinski definition) is 3. The summed E-state index contributed by atoms with van der Waals surface area (Å²) in [5, 5.41) is 8.80. The molecule has 0 aromatic carbocycles. The van der Waals surface area contributed by atoms with Gasteiger partial charge in [0.2, 0.25) is 0 Å². The van der Waals surface area contributed by atoms with E-state index < -0.39 is 0 Å². The summed E-state index contributed by atoms with van der Waals surface area (Å²) in [6.07, 6.45) is 1.04. The Labute approximate surface area is 48.4 Å². The Kier molecular flexibility index (Phi) is 0.910. The summed E-state index contributed by atoms with van der Waals surface area (Å²) in [4.78, 5) is 4.67. The maximum absolute atomic E-state index is 8.72. The zero-order valence-corrected chi connectivity index (χ0v) is 5.23. The van der Waals surface area contributed by atoms with Crippen LogP contribution in [0.15, 0.2) is 0 Å². The van der Waals surface area contributed by atoms with Crippen LogP contribution in [0.3, 0.4) is 0 Å². The average molecular weight is 134 g/mol. The topological polar surface area (TPSA) is 38.7 Å². The van der Waals surface area contributed by atoms with E-state index in [9.17, 15) is 0 Å². The van der Waals surface area contributed by atoms with Crippen molar-refractivity contribution in [2.45, 2.75) is 5.16 Å². The molecule has 0 spiro atoms. The molecule has 2 fully saturated rings. The molecule has 1 N–H and O–H groups in total. The Balaban J connectivity index is 2.08. The van der Waals surface area contributed by atoms with Crippen molar-refractivity contribution < 1.29 is 14.7 Å². The lowest BCUT2D eigenvalue weighted by Gasteiger charge is -1.98. The van der Waals surface area contributed by atoms with Gasteiger partial charge in [0.1, 0.15) is 0 Å². The largest absolute Gasteiger partial charge is 0.395 e. The van der Waals surface area contributed by atoms with Crippen molar-refractivity contribution >= 4 is 8.15 Å². The molecule has 0 aromatic rings. The van der Waals surface area contributed by atoms with Gasteiger partial charge < -0.3 is 5.11 Å². The van der Waals surface area contributed by atoms with Crippen LogP contribution in [0.25, 0.3) is 0 Å². The zero-order valence-electron chi connectivity index (χ0n) is 4.33. The number of rotatable bonds is 1. The molecule has 0 aliphatic carbocycles. The van der Waals surface area contributed by atoms with E-state index >= 15 is 0 Å². The normalized spacial score (nSPS) is 51.4. The maximum Gasteiger partial charge on any atom is 0.0970 e. The van der Waals surface area contributed by atoms with Gasteiger partial charge in [0.05, 0.1) is 26.5 Å². The number of aliphatic hydroxyl groups excluding tert-OH is 1. The first-order valence-electron chi connectivity index (χ1n) is 2.55. The minimum Gasteiger partial charge on any atom is -0.395 e. The van der Waals surface area contributed by atoms with Crippen molar-refractivity contribution in [2.75, 3.05) is 19.4 Å². The first kappa shape index (κ1) is 5.12. The van der Waals surface area contributed by atoms with Crippen LogP contribution < -0.4 is 0 Å². The Morgan fingerprint density at radius 2 is 2.62 bits per heavy atom. The summed E-state index contributed by atoms with van der Waals surface area (Å²) in [5.41, 5.74) is 0. The quantitative estimate of drug-likeness (QED) is 0.408. The average Bonchev–Trinajstić information content (AvgIpc) is 2.38. The molecule has 0 saturated carbocycles. The van der Waals surface area contributed by atoms with Crippen LogP contribution in [0.5, 0.6) is 0 Å². The highest BCUT2D eigenvalue weighted by Gasteiger charge is 2.61. The van der Waals surface area contributed by atoms with E-state index in [0.717, 1.165) is 6.16 Å². The summed E-state index contributed by atoms with van der Waals surface area (Å²) in [6.45, 7) is 0.841. The third-order valence-electron chi connectivity index (χ3n) is 1.63. The molecule has 0 amide bonds. The predicted octanol–water partition coefficient (Wildman–Crippen LogP) is 0.0898. The summed E-state index contributed by atoms with van der Waals surface area (Å²) in [5.74, 6) is 0. The van der Waals surface area contributed by atoms with Gasteiger partial charge in [-0.15, -0.1) is 0 Å². The van der Waals surface area contributed by atoms with Crippen LogP contribution in [0.1, 0.15) is 0 Å². The monoisotopic (exact) mass is 134 g/mol. The Morgan fingerprint density at radius 1 is 1.75 bits per heavy atom. The molecule has 2 saturated heterocycles. The number of hydrogen-bond donors (Lipinski definition) is 1. The highest BCUT2D eigenvalue weighted by molar-refractivity contribution is 7.63. The molecule has 0 bridgehead atoms. The van der Waals surface area contributed by atoms with Crippen molar-refractivity contribution in [3.05, 3.63) is 0 Å². The van der Waals surface area contributed by atoms with E-state index in [1.165, 1.54) is 0 Å². The van der Waals surface area contributed by atoms with Gasteiger partial charge in [-0.25, -0.2) is 9.56 Å². The first-order chi connectivity index (χ1) is 3.87. The molecule has 0 aromatic heterocycles. The summed E-state index contributed by atoms with van der Waals surface area (Å²) in [6, 6.07) is 0. The van der Waals surface area contributed by atoms with Gasteiger partial charge in [0, 0.05) is 6.16 Å². The highest BCUT2D eigenvalue weighted by Crippen LogP contribution is 2.72. The predicted molar refractivity (Wildman–Crippen MR) is 28.6 cm³/mol. The Hall–Kier alpha value is 0.310. The SMILES string of the molecule is OCC12COOP1C2. The standard InChI is InChI=1S/C4H7O3P/c5-1-4-2-6-7-8(4)3-4/h5H,1-3H2.